The van der Waals surface area contributed by atoms with Crippen molar-refractivity contribution in [2.75, 3.05) is 25.0 Å². The smallest absolute Gasteiger partial charge is 0.255 e. The van der Waals surface area contributed by atoms with Crippen molar-refractivity contribution in [1.29, 1.82) is 0 Å². The number of fused-ring (bicyclic) bond motifs is 1. The molecule has 0 radical (unpaired) electrons. The van der Waals surface area contributed by atoms with Gasteiger partial charge in [-0.3, -0.25) is 9.59 Å². The summed E-state index contributed by atoms with van der Waals surface area (Å²) in [5, 5.41) is 4.07. The van der Waals surface area contributed by atoms with Crippen molar-refractivity contribution < 1.29 is 14.3 Å². The Kier molecular flexibility index (Phi) is 5.59. The third kappa shape index (κ3) is 3.95. The van der Waals surface area contributed by atoms with Crippen LogP contribution in [0.2, 0.25) is 0 Å². The first-order valence-electron chi connectivity index (χ1n) is 10.2. The van der Waals surface area contributed by atoms with E-state index in [1.165, 1.54) is 11.3 Å². The number of morpholine rings is 1. The topological polar surface area (TPSA) is 81.4 Å². The molecule has 0 spiro atoms. The van der Waals surface area contributed by atoms with Crippen molar-refractivity contribution in [3.63, 3.8) is 0 Å². The third-order valence-corrected chi connectivity index (χ3v) is 5.93. The number of nitrogens with one attached hydrogen (secondary N) is 1. The van der Waals surface area contributed by atoms with E-state index < -0.39 is 6.10 Å². The number of carbonyl (C=O) groups excluding carboxylic acids is 2. The molecule has 30 heavy (non-hydrogen) atoms. The van der Waals surface area contributed by atoms with Crippen molar-refractivity contribution in [3.8, 4) is 0 Å². The number of rotatable bonds is 5. The molecule has 2 aromatic heterocycles. The zero-order valence-electron chi connectivity index (χ0n) is 17.6. The van der Waals surface area contributed by atoms with Gasteiger partial charge in [-0.2, -0.15) is 0 Å². The van der Waals surface area contributed by atoms with Crippen molar-refractivity contribution in [2.24, 2.45) is 7.05 Å². The molecule has 1 aromatic carbocycles. The standard InChI is InChI=1S/C22H27N5O3/c1-15-16(2)25(3)19-5-4-17(12-18(15)19)24-22(29)20-13-27(10-11-30-20)21(28)6-8-26-9-7-23-14-26/h4-5,7,9,12,14,20H,6,8,10-11,13H2,1-3H3,(H,24,29). The van der Waals surface area contributed by atoms with E-state index in [1.54, 1.807) is 17.4 Å². The second kappa shape index (κ2) is 8.31. The van der Waals surface area contributed by atoms with Crippen LogP contribution in [0.5, 0.6) is 0 Å². The normalized spacial score (nSPS) is 16.8. The van der Waals surface area contributed by atoms with Gasteiger partial charge in [0.1, 0.15) is 0 Å². The molecule has 1 unspecified atom stereocenters. The molecule has 8 nitrogen and oxygen atoms in total. The van der Waals surface area contributed by atoms with Crippen LogP contribution in [-0.2, 0) is 27.9 Å². The number of ether oxygens (including phenoxy) is 1. The molecule has 1 fully saturated rings. The lowest BCUT2D eigenvalue weighted by Gasteiger charge is -2.32. The average Bonchev–Trinajstić information content (AvgIpc) is 3.36. The molecule has 8 heteroatoms. The summed E-state index contributed by atoms with van der Waals surface area (Å²) in [6, 6.07) is 5.90. The highest BCUT2D eigenvalue weighted by atomic mass is 16.5. The molecular formula is C22H27N5O3. The van der Waals surface area contributed by atoms with Gasteiger partial charge < -0.3 is 24.1 Å². The number of hydrogen-bond donors (Lipinski definition) is 1. The molecular weight excluding hydrogens is 382 g/mol. The van der Waals surface area contributed by atoms with Crippen molar-refractivity contribution >= 4 is 28.4 Å². The summed E-state index contributed by atoms with van der Waals surface area (Å²) < 4.78 is 9.67. The first-order chi connectivity index (χ1) is 14.4. The van der Waals surface area contributed by atoms with Crippen LogP contribution < -0.4 is 5.32 Å². The van der Waals surface area contributed by atoms with E-state index in [1.807, 2.05) is 36.0 Å². The molecule has 158 valence electrons. The molecule has 3 aromatic rings. The summed E-state index contributed by atoms with van der Waals surface area (Å²) in [6.07, 6.45) is 4.90. The van der Waals surface area contributed by atoms with Gasteiger partial charge in [0, 0.05) is 61.2 Å². The Morgan fingerprint density at radius 1 is 1.30 bits per heavy atom. The summed E-state index contributed by atoms with van der Waals surface area (Å²) >= 11 is 0. The maximum atomic E-state index is 12.8. The number of aromatic nitrogens is 3. The maximum Gasteiger partial charge on any atom is 0.255 e. The molecule has 1 saturated heterocycles. The Bertz CT molecular complexity index is 1070. The van der Waals surface area contributed by atoms with Crippen LogP contribution >= 0.6 is 0 Å². The van der Waals surface area contributed by atoms with Gasteiger partial charge >= 0.3 is 0 Å². The van der Waals surface area contributed by atoms with Gasteiger partial charge in [0.15, 0.2) is 6.10 Å². The molecule has 0 bridgehead atoms. The van der Waals surface area contributed by atoms with Crippen molar-refractivity contribution in [1.82, 2.24) is 19.0 Å². The Balaban J connectivity index is 1.39. The van der Waals surface area contributed by atoms with Crippen LogP contribution in [-0.4, -0.2) is 56.6 Å². The van der Waals surface area contributed by atoms with Gasteiger partial charge in [-0.25, -0.2) is 4.98 Å². The fourth-order valence-corrected chi connectivity index (χ4v) is 3.89. The number of hydrogen-bond acceptors (Lipinski definition) is 4. The lowest BCUT2D eigenvalue weighted by molar-refractivity contribution is -0.144. The van der Waals surface area contributed by atoms with Crippen molar-refractivity contribution in [3.05, 3.63) is 48.2 Å². The van der Waals surface area contributed by atoms with E-state index in [9.17, 15) is 9.59 Å². The van der Waals surface area contributed by atoms with Gasteiger partial charge in [0.05, 0.1) is 19.5 Å². The lowest BCUT2D eigenvalue weighted by Crippen LogP contribution is -2.50. The molecule has 1 aliphatic rings. The van der Waals surface area contributed by atoms with Crippen LogP contribution in [0, 0.1) is 13.8 Å². The van der Waals surface area contributed by atoms with E-state index in [0.717, 1.165) is 16.6 Å². The highest BCUT2D eigenvalue weighted by Crippen LogP contribution is 2.27. The fraction of sp³-hybridized carbons (Fsp3) is 0.409. The minimum absolute atomic E-state index is 0.0154. The summed E-state index contributed by atoms with van der Waals surface area (Å²) in [7, 11) is 2.04. The first-order valence-corrected chi connectivity index (χ1v) is 10.2. The lowest BCUT2D eigenvalue weighted by atomic mass is 10.1. The Labute approximate surface area is 175 Å². The van der Waals surface area contributed by atoms with E-state index in [0.29, 0.717) is 26.1 Å². The Hall–Kier alpha value is -3.13. The van der Waals surface area contributed by atoms with Gasteiger partial charge in [0.2, 0.25) is 5.91 Å². The first kappa shape index (κ1) is 20.2. The molecule has 3 heterocycles. The summed E-state index contributed by atoms with van der Waals surface area (Å²) in [6.45, 7) is 5.86. The SMILES string of the molecule is Cc1c(C)n(C)c2ccc(NC(=O)C3CN(C(=O)CCn4ccnc4)CCO3)cc12. The van der Waals surface area contributed by atoms with Crippen LogP contribution in [0.1, 0.15) is 17.7 Å². The number of aryl methyl sites for hydroxylation is 3. The van der Waals surface area contributed by atoms with E-state index in [4.69, 9.17) is 4.74 Å². The van der Waals surface area contributed by atoms with Gasteiger partial charge in [-0.1, -0.05) is 0 Å². The number of nitrogens with zero attached hydrogens (tertiary/aromatic N) is 4. The van der Waals surface area contributed by atoms with E-state index >= 15 is 0 Å². The van der Waals surface area contributed by atoms with Crippen LogP contribution in [0.3, 0.4) is 0 Å². The van der Waals surface area contributed by atoms with E-state index in [2.05, 4.69) is 28.7 Å². The van der Waals surface area contributed by atoms with E-state index in [-0.39, 0.29) is 18.4 Å². The molecule has 1 N–H and O–H groups in total. The number of benzene rings is 1. The molecule has 0 saturated carbocycles. The quantitative estimate of drug-likeness (QED) is 0.701. The zero-order valence-corrected chi connectivity index (χ0v) is 17.6. The highest BCUT2D eigenvalue weighted by Gasteiger charge is 2.29. The average molecular weight is 409 g/mol. The highest BCUT2D eigenvalue weighted by molar-refractivity contribution is 5.97. The number of anilines is 1. The Morgan fingerprint density at radius 3 is 2.90 bits per heavy atom. The minimum Gasteiger partial charge on any atom is -0.365 e. The van der Waals surface area contributed by atoms with Crippen LogP contribution in [0.25, 0.3) is 10.9 Å². The maximum absolute atomic E-state index is 12.8. The fourth-order valence-electron chi connectivity index (χ4n) is 3.89. The molecule has 0 aliphatic carbocycles. The summed E-state index contributed by atoms with van der Waals surface area (Å²) in [4.78, 5) is 31.0. The second-order valence-corrected chi connectivity index (χ2v) is 7.74. The summed E-state index contributed by atoms with van der Waals surface area (Å²) in [5.41, 5.74) is 4.26. The largest absolute Gasteiger partial charge is 0.365 e. The minimum atomic E-state index is -0.676. The second-order valence-electron chi connectivity index (χ2n) is 7.74. The van der Waals surface area contributed by atoms with Crippen LogP contribution in [0.15, 0.2) is 36.9 Å². The number of amides is 2. The Morgan fingerprint density at radius 2 is 2.13 bits per heavy atom. The van der Waals surface area contributed by atoms with Gasteiger partial charge in [-0.05, 0) is 37.6 Å². The molecule has 4 rings (SSSR count). The zero-order chi connectivity index (χ0) is 21.3. The van der Waals surface area contributed by atoms with Crippen LogP contribution in [0.4, 0.5) is 5.69 Å². The molecule has 1 atom stereocenters. The van der Waals surface area contributed by atoms with Gasteiger partial charge in [0.25, 0.3) is 5.91 Å². The van der Waals surface area contributed by atoms with Gasteiger partial charge in [-0.15, -0.1) is 0 Å². The predicted molar refractivity (Wildman–Crippen MR) is 114 cm³/mol. The molecule has 2 amide bonds. The number of imidazole rings is 1. The predicted octanol–water partition coefficient (Wildman–Crippen LogP) is 2.25. The monoisotopic (exact) mass is 409 g/mol. The summed E-state index contributed by atoms with van der Waals surface area (Å²) in [5.74, 6) is -0.214. The van der Waals surface area contributed by atoms with Crippen molar-refractivity contribution in [2.45, 2.75) is 32.9 Å². The third-order valence-electron chi connectivity index (χ3n) is 5.93. The molecule has 1 aliphatic heterocycles. The number of carbonyl (C=O) groups is 2.